The van der Waals surface area contributed by atoms with Gasteiger partial charge in [-0.3, -0.25) is 9.67 Å². The van der Waals surface area contributed by atoms with Crippen molar-refractivity contribution in [3.8, 4) is 11.1 Å². The first kappa shape index (κ1) is 22.1. The molecule has 9 heteroatoms. The van der Waals surface area contributed by atoms with Gasteiger partial charge in [-0.2, -0.15) is 5.10 Å². The summed E-state index contributed by atoms with van der Waals surface area (Å²) >= 11 is 0. The van der Waals surface area contributed by atoms with Gasteiger partial charge < -0.3 is 21.5 Å². The van der Waals surface area contributed by atoms with Crippen molar-refractivity contribution in [2.45, 2.75) is 45.3 Å². The summed E-state index contributed by atoms with van der Waals surface area (Å²) in [5.41, 5.74) is 15.6. The van der Waals surface area contributed by atoms with Gasteiger partial charge in [0.15, 0.2) is 11.6 Å². The average Bonchev–Trinajstić information content (AvgIpc) is 3.16. The highest BCUT2D eigenvalue weighted by atomic mass is 19.1. The summed E-state index contributed by atoms with van der Waals surface area (Å²) in [5.74, 6) is 1.17. The second-order valence-electron chi connectivity index (χ2n) is 8.94. The Bertz CT molecular complexity index is 1380. The van der Waals surface area contributed by atoms with Crippen LogP contribution in [0.25, 0.3) is 21.9 Å². The number of nitrogen functional groups attached to an aromatic ring is 2. The summed E-state index contributed by atoms with van der Waals surface area (Å²) in [6.45, 7) is 4.76. The van der Waals surface area contributed by atoms with Crippen molar-refractivity contribution in [2.24, 2.45) is 0 Å². The van der Waals surface area contributed by atoms with E-state index in [1.54, 1.807) is 31.8 Å². The Balaban J connectivity index is 1.52. The van der Waals surface area contributed by atoms with Crippen LogP contribution < -0.4 is 16.8 Å². The molecule has 8 nitrogen and oxygen atoms in total. The third kappa shape index (κ3) is 3.81. The smallest absolute Gasteiger partial charge is 0.154 e. The van der Waals surface area contributed by atoms with E-state index in [4.69, 9.17) is 21.3 Å². The number of nitrogens with one attached hydrogen (secondary N) is 1. The van der Waals surface area contributed by atoms with Gasteiger partial charge in [-0.05, 0) is 48.8 Å². The third-order valence-electron chi connectivity index (χ3n) is 6.75. The number of hydrogen-bond donors (Lipinski definition) is 3. The van der Waals surface area contributed by atoms with Gasteiger partial charge in [0.1, 0.15) is 5.82 Å². The molecule has 5 N–H and O–H groups in total. The number of pyridine rings is 2. The van der Waals surface area contributed by atoms with Crippen molar-refractivity contribution < 1.29 is 9.13 Å². The number of ether oxygens (including phenoxy) is 1. The molecule has 0 unspecified atom stereocenters. The Hall–Kier alpha value is -3.72. The van der Waals surface area contributed by atoms with Crippen LogP contribution in [0.1, 0.15) is 36.9 Å². The van der Waals surface area contributed by atoms with Crippen LogP contribution in [-0.4, -0.2) is 33.0 Å². The standard InChI is InChI=1S/C25H28FN7O/c1-13-4-5-16(34-3)12-33-21(13)8-23(32-33)31-22-7-15-6-17(18-9-29-11-20(27)14(18)2)24(26)25(28)19(15)10-30-22/h6-11,13,16H,4-5,12,27-28H2,1-3H3,(H,30,31,32)/t13-,16+/m0/s1. The van der Waals surface area contributed by atoms with Gasteiger partial charge in [-0.15, -0.1) is 0 Å². The van der Waals surface area contributed by atoms with Crippen LogP contribution in [0.3, 0.4) is 0 Å². The number of fused-ring (bicyclic) bond motifs is 2. The van der Waals surface area contributed by atoms with Crippen molar-refractivity contribution in [3.05, 3.63) is 53.9 Å². The summed E-state index contributed by atoms with van der Waals surface area (Å²) < 4.78 is 22.8. The Morgan fingerprint density at radius 3 is 2.71 bits per heavy atom. The highest BCUT2D eigenvalue weighted by molar-refractivity contribution is 5.98. The molecule has 0 bridgehead atoms. The molecular weight excluding hydrogens is 433 g/mol. The second-order valence-corrected chi connectivity index (χ2v) is 8.94. The molecule has 0 spiro atoms. The fourth-order valence-electron chi connectivity index (χ4n) is 4.60. The summed E-state index contributed by atoms with van der Waals surface area (Å²) in [5, 5.41) is 9.31. The Kier molecular flexibility index (Phi) is 5.57. The number of hydrogen-bond acceptors (Lipinski definition) is 7. The third-order valence-corrected chi connectivity index (χ3v) is 6.75. The van der Waals surface area contributed by atoms with Crippen LogP contribution in [0.15, 0.2) is 36.8 Å². The summed E-state index contributed by atoms with van der Waals surface area (Å²) in [4.78, 5) is 8.57. The zero-order valence-corrected chi connectivity index (χ0v) is 19.5. The molecule has 1 aliphatic heterocycles. The molecule has 0 saturated heterocycles. The van der Waals surface area contributed by atoms with E-state index in [0.29, 0.717) is 39.8 Å². The zero-order valence-electron chi connectivity index (χ0n) is 19.5. The van der Waals surface area contributed by atoms with Gasteiger partial charge in [0, 0.05) is 47.8 Å². The predicted octanol–water partition coefficient (Wildman–Crippen LogP) is 4.76. The van der Waals surface area contributed by atoms with Gasteiger partial charge in [-0.25, -0.2) is 9.37 Å². The number of nitrogens with zero attached hydrogens (tertiary/aromatic N) is 4. The number of rotatable bonds is 4. The van der Waals surface area contributed by atoms with E-state index in [-0.39, 0.29) is 11.8 Å². The highest BCUT2D eigenvalue weighted by Crippen LogP contribution is 2.36. The molecule has 1 aliphatic rings. The van der Waals surface area contributed by atoms with E-state index in [1.165, 1.54) is 5.69 Å². The molecule has 2 atom stereocenters. The van der Waals surface area contributed by atoms with Crippen LogP contribution in [-0.2, 0) is 11.3 Å². The second kappa shape index (κ2) is 8.57. The normalized spacial score (nSPS) is 18.0. The molecule has 0 amide bonds. The van der Waals surface area contributed by atoms with E-state index in [9.17, 15) is 0 Å². The largest absolute Gasteiger partial charge is 0.397 e. The lowest BCUT2D eigenvalue weighted by Gasteiger charge is -2.13. The minimum absolute atomic E-state index is 0.0431. The minimum atomic E-state index is -0.509. The van der Waals surface area contributed by atoms with Crippen LogP contribution in [0.5, 0.6) is 0 Å². The van der Waals surface area contributed by atoms with Gasteiger partial charge in [-0.1, -0.05) is 6.92 Å². The SMILES string of the molecule is CO[C@@H]1CC[C@H](C)c2cc(Nc3cc4cc(-c5cncc(N)c5C)c(F)c(N)c4cn3)nn2C1. The van der Waals surface area contributed by atoms with Crippen LogP contribution in [0, 0.1) is 12.7 Å². The van der Waals surface area contributed by atoms with Crippen molar-refractivity contribution in [3.63, 3.8) is 0 Å². The number of nitrogens with two attached hydrogens (primary N) is 2. The monoisotopic (exact) mass is 461 g/mol. The minimum Gasteiger partial charge on any atom is -0.397 e. The Morgan fingerprint density at radius 1 is 1.09 bits per heavy atom. The quantitative estimate of drug-likeness (QED) is 0.375. The Morgan fingerprint density at radius 2 is 1.91 bits per heavy atom. The molecule has 1 aromatic carbocycles. The van der Waals surface area contributed by atoms with Crippen LogP contribution >= 0.6 is 0 Å². The summed E-state index contributed by atoms with van der Waals surface area (Å²) in [6, 6.07) is 5.65. The number of anilines is 4. The molecular formula is C25H28FN7O. The summed E-state index contributed by atoms with van der Waals surface area (Å²) in [6.07, 6.45) is 6.94. The number of methoxy groups -OCH3 is 1. The van der Waals surface area contributed by atoms with Gasteiger partial charge in [0.05, 0.1) is 30.2 Å². The fourth-order valence-corrected chi connectivity index (χ4v) is 4.60. The van der Waals surface area contributed by atoms with Gasteiger partial charge in [0.2, 0.25) is 0 Å². The maximum absolute atomic E-state index is 15.2. The van der Waals surface area contributed by atoms with E-state index >= 15 is 4.39 Å². The molecule has 34 heavy (non-hydrogen) atoms. The lowest BCUT2D eigenvalue weighted by atomic mass is 9.97. The maximum atomic E-state index is 15.2. The van der Waals surface area contributed by atoms with Crippen LogP contribution in [0.2, 0.25) is 0 Å². The molecule has 3 aromatic heterocycles. The Labute approximate surface area is 197 Å². The molecule has 5 rings (SSSR count). The first-order valence-electron chi connectivity index (χ1n) is 11.3. The highest BCUT2D eigenvalue weighted by Gasteiger charge is 2.23. The maximum Gasteiger partial charge on any atom is 0.154 e. The van der Waals surface area contributed by atoms with Crippen molar-refractivity contribution in [1.82, 2.24) is 19.7 Å². The van der Waals surface area contributed by atoms with Gasteiger partial charge >= 0.3 is 0 Å². The molecule has 0 radical (unpaired) electrons. The molecule has 4 aromatic rings. The van der Waals surface area contributed by atoms with Crippen molar-refractivity contribution in [2.75, 3.05) is 23.9 Å². The number of benzene rings is 1. The first-order valence-corrected chi connectivity index (χ1v) is 11.3. The van der Waals surface area contributed by atoms with Gasteiger partial charge in [0.25, 0.3) is 0 Å². The zero-order chi connectivity index (χ0) is 24.0. The average molecular weight is 462 g/mol. The lowest BCUT2D eigenvalue weighted by molar-refractivity contribution is 0.0795. The van der Waals surface area contributed by atoms with E-state index in [0.717, 1.165) is 30.3 Å². The van der Waals surface area contributed by atoms with Crippen molar-refractivity contribution >= 4 is 33.8 Å². The molecule has 176 valence electrons. The first-order chi connectivity index (χ1) is 16.4. The number of aromatic nitrogens is 4. The molecule has 0 aliphatic carbocycles. The van der Waals surface area contributed by atoms with Crippen molar-refractivity contribution in [1.29, 1.82) is 0 Å². The molecule has 0 saturated carbocycles. The lowest BCUT2D eigenvalue weighted by Crippen LogP contribution is -2.18. The topological polar surface area (TPSA) is 117 Å². The van der Waals surface area contributed by atoms with E-state index in [2.05, 4.69) is 28.3 Å². The number of halogens is 1. The summed E-state index contributed by atoms with van der Waals surface area (Å²) in [7, 11) is 1.74. The predicted molar refractivity (Wildman–Crippen MR) is 132 cm³/mol. The van der Waals surface area contributed by atoms with E-state index in [1.807, 2.05) is 17.7 Å². The molecule has 4 heterocycles. The van der Waals surface area contributed by atoms with Crippen LogP contribution in [0.4, 0.5) is 27.4 Å². The molecule has 0 fully saturated rings. The van der Waals surface area contributed by atoms with E-state index < -0.39 is 5.82 Å². The fraction of sp³-hybridized carbons (Fsp3) is 0.320.